The van der Waals surface area contributed by atoms with Gasteiger partial charge in [0.05, 0.1) is 11.9 Å². The molecule has 0 aromatic heterocycles. The summed E-state index contributed by atoms with van der Waals surface area (Å²) in [5.41, 5.74) is 1.25. The second kappa shape index (κ2) is 12.3. The van der Waals surface area contributed by atoms with Gasteiger partial charge in [0.2, 0.25) is 0 Å². The fraction of sp³-hybridized carbons (Fsp3) is 0.667. The van der Waals surface area contributed by atoms with Crippen LogP contribution >= 0.6 is 11.8 Å². The van der Waals surface area contributed by atoms with E-state index >= 15 is 0 Å². The third kappa shape index (κ3) is 7.96. The molecule has 0 saturated carbocycles. The zero-order valence-electron chi connectivity index (χ0n) is 12.9. The van der Waals surface area contributed by atoms with Crippen molar-refractivity contribution in [2.45, 2.75) is 63.5 Å². The summed E-state index contributed by atoms with van der Waals surface area (Å²) in [4.78, 5) is 0. The Morgan fingerprint density at radius 3 is 2.10 bits per heavy atom. The molecule has 0 aliphatic carbocycles. The fourth-order valence-electron chi connectivity index (χ4n) is 2.38. The topological polar surface area (TPSA) is 20.2 Å². The second-order valence-electron chi connectivity index (χ2n) is 5.43. The zero-order chi connectivity index (χ0) is 14.5. The highest BCUT2D eigenvalue weighted by molar-refractivity contribution is 7.99. The molecule has 0 bridgehead atoms. The van der Waals surface area contributed by atoms with Gasteiger partial charge in [-0.1, -0.05) is 82.2 Å². The molecular weight excluding hydrogens is 264 g/mol. The normalized spacial score (nSPS) is 12.5. The van der Waals surface area contributed by atoms with Gasteiger partial charge in [-0.2, -0.15) is 11.8 Å². The smallest absolute Gasteiger partial charge is 0.0591 e. The van der Waals surface area contributed by atoms with Crippen molar-refractivity contribution in [3.8, 4) is 0 Å². The lowest BCUT2D eigenvalue weighted by atomic mass is 10.1. The number of aliphatic hydroxyl groups excluding tert-OH is 1. The van der Waals surface area contributed by atoms with Crippen LogP contribution < -0.4 is 0 Å². The van der Waals surface area contributed by atoms with E-state index in [0.29, 0.717) is 0 Å². The number of aliphatic hydroxyl groups is 1. The predicted molar refractivity (Wildman–Crippen MR) is 91.3 cm³/mol. The minimum absolute atomic E-state index is 0.242. The lowest BCUT2D eigenvalue weighted by Gasteiger charge is -2.14. The van der Waals surface area contributed by atoms with Gasteiger partial charge in [0.25, 0.3) is 0 Å². The Hall–Kier alpha value is -0.470. The monoisotopic (exact) mass is 294 g/mol. The summed E-state index contributed by atoms with van der Waals surface area (Å²) in [7, 11) is 0. The molecule has 0 amide bonds. The first-order valence-corrected chi connectivity index (χ1v) is 9.20. The van der Waals surface area contributed by atoms with Crippen LogP contribution in [0.1, 0.15) is 69.1 Å². The molecule has 1 aromatic rings. The molecule has 0 saturated heterocycles. The van der Waals surface area contributed by atoms with Gasteiger partial charge in [0.1, 0.15) is 0 Å². The van der Waals surface area contributed by atoms with Gasteiger partial charge in [-0.05, 0) is 17.7 Å². The molecule has 1 aromatic carbocycles. The Morgan fingerprint density at radius 1 is 0.900 bits per heavy atom. The van der Waals surface area contributed by atoms with Gasteiger partial charge >= 0.3 is 0 Å². The summed E-state index contributed by atoms with van der Waals surface area (Å²) in [5, 5.41) is 9.73. The first-order chi connectivity index (χ1) is 9.88. The summed E-state index contributed by atoms with van der Waals surface area (Å²) in [5.74, 6) is 1.16. The molecule has 0 fully saturated rings. The first kappa shape index (κ1) is 17.6. The molecule has 0 spiro atoms. The molecule has 1 unspecified atom stereocenters. The Balaban J connectivity index is 2.02. The van der Waals surface area contributed by atoms with Crippen molar-refractivity contribution in [1.29, 1.82) is 0 Å². The molecule has 1 N–H and O–H groups in total. The van der Waals surface area contributed by atoms with E-state index in [1.54, 1.807) is 0 Å². The Morgan fingerprint density at radius 2 is 1.50 bits per heavy atom. The minimum atomic E-state index is 0.242. The Bertz CT molecular complexity index is 312. The Kier molecular flexibility index (Phi) is 10.8. The fourth-order valence-corrected chi connectivity index (χ4v) is 3.49. The number of hydrogen-bond donors (Lipinski definition) is 1. The van der Waals surface area contributed by atoms with E-state index < -0.39 is 0 Å². The Labute approximate surface area is 129 Å². The van der Waals surface area contributed by atoms with E-state index in [1.807, 2.05) is 17.8 Å². The van der Waals surface area contributed by atoms with Gasteiger partial charge in [-0.25, -0.2) is 0 Å². The quantitative estimate of drug-likeness (QED) is 0.507. The molecule has 0 radical (unpaired) electrons. The average Bonchev–Trinajstić information content (AvgIpc) is 2.50. The molecule has 0 aliphatic rings. The number of thioether (sulfide) groups is 1. The average molecular weight is 295 g/mol. The van der Waals surface area contributed by atoms with Gasteiger partial charge in [-0.3, -0.25) is 0 Å². The van der Waals surface area contributed by atoms with Gasteiger partial charge in [-0.15, -0.1) is 0 Å². The minimum Gasteiger partial charge on any atom is -0.395 e. The summed E-state index contributed by atoms with van der Waals surface area (Å²) >= 11 is 1.90. The van der Waals surface area contributed by atoms with E-state index in [0.717, 1.165) is 5.75 Å². The van der Waals surface area contributed by atoms with Crippen molar-refractivity contribution >= 4 is 11.8 Å². The van der Waals surface area contributed by atoms with Crippen molar-refractivity contribution in [3.63, 3.8) is 0 Å². The lowest BCUT2D eigenvalue weighted by molar-refractivity contribution is 0.296. The van der Waals surface area contributed by atoms with Crippen LogP contribution in [0, 0.1) is 0 Å². The van der Waals surface area contributed by atoms with Crippen LogP contribution in [0.3, 0.4) is 0 Å². The molecule has 114 valence electrons. The van der Waals surface area contributed by atoms with E-state index in [-0.39, 0.29) is 11.9 Å². The second-order valence-corrected chi connectivity index (χ2v) is 6.74. The highest BCUT2D eigenvalue weighted by Crippen LogP contribution is 2.29. The van der Waals surface area contributed by atoms with Crippen LogP contribution in [0.5, 0.6) is 0 Å². The van der Waals surface area contributed by atoms with Gasteiger partial charge in [0.15, 0.2) is 0 Å². The highest BCUT2D eigenvalue weighted by atomic mass is 32.2. The maximum absolute atomic E-state index is 9.48. The van der Waals surface area contributed by atoms with Crippen LogP contribution in [0.2, 0.25) is 0 Å². The van der Waals surface area contributed by atoms with Crippen molar-refractivity contribution in [3.05, 3.63) is 35.9 Å². The first-order valence-electron chi connectivity index (χ1n) is 8.16. The van der Waals surface area contributed by atoms with Crippen molar-refractivity contribution in [2.24, 2.45) is 0 Å². The predicted octanol–water partition coefficient (Wildman–Crippen LogP) is 5.59. The van der Waals surface area contributed by atoms with E-state index in [4.69, 9.17) is 0 Å². The van der Waals surface area contributed by atoms with Crippen LogP contribution in [0.4, 0.5) is 0 Å². The SMILES string of the molecule is CCCCCCCCCCSC(CO)c1ccccc1. The number of unbranched alkanes of at least 4 members (excludes halogenated alkanes) is 7. The van der Waals surface area contributed by atoms with Crippen LogP contribution in [-0.2, 0) is 0 Å². The maximum Gasteiger partial charge on any atom is 0.0591 e. The third-order valence-electron chi connectivity index (χ3n) is 3.65. The number of rotatable bonds is 12. The summed E-state index contributed by atoms with van der Waals surface area (Å²) in [6.45, 7) is 2.51. The van der Waals surface area contributed by atoms with Crippen LogP contribution in [0.15, 0.2) is 30.3 Å². The van der Waals surface area contributed by atoms with E-state index in [1.165, 1.54) is 56.9 Å². The molecular formula is C18H30OS. The largest absolute Gasteiger partial charge is 0.395 e. The van der Waals surface area contributed by atoms with E-state index in [2.05, 4.69) is 31.2 Å². The highest BCUT2D eigenvalue weighted by Gasteiger charge is 2.09. The lowest BCUT2D eigenvalue weighted by Crippen LogP contribution is -2.00. The third-order valence-corrected chi connectivity index (χ3v) is 5.00. The molecule has 2 heteroatoms. The molecule has 1 atom stereocenters. The van der Waals surface area contributed by atoms with Crippen LogP contribution in [0.25, 0.3) is 0 Å². The van der Waals surface area contributed by atoms with Crippen molar-refractivity contribution in [1.82, 2.24) is 0 Å². The summed E-state index contributed by atoms with van der Waals surface area (Å²) in [6, 6.07) is 10.4. The van der Waals surface area contributed by atoms with Crippen LogP contribution in [-0.4, -0.2) is 17.5 Å². The summed E-state index contributed by atoms with van der Waals surface area (Å²) in [6.07, 6.45) is 10.9. The molecule has 0 heterocycles. The standard InChI is InChI=1S/C18H30OS/c1-2-3-4-5-6-7-8-12-15-20-18(16-19)17-13-10-9-11-14-17/h9-11,13-14,18-19H,2-8,12,15-16H2,1H3. The molecule has 1 nitrogen and oxygen atoms in total. The van der Waals surface area contributed by atoms with E-state index in [9.17, 15) is 5.11 Å². The molecule has 20 heavy (non-hydrogen) atoms. The number of hydrogen-bond acceptors (Lipinski definition) is 2. The number of benzene rings is 1. The van der Waals surface area contributed by atoms with Gasteiger partial charge < -0.3 is 5.11 Å². The maximum atomic E-state index is 9.48. The molecule has 1 rings (SSSR count). The van der Waals surface area contributed by atoms with Crippen molar-refractivity contribution in [2.75, 3.05) is 12.4 Å². The van der Waals surface area contributed by atoms with Crippen molar-refractivity contribution < 1.29 is 5.11 Å². The summed E-state index contributed by atoms with van der Waals surface area (Å²) < 4.78 is 0. The van der Waals surface area contributed by atoms with Gasteiger partial charge in [0, 0.05) is 0 Å². The molecule has 0 aliphatic heterocycles. The zero-order valence-corrected chi connectivity index (χ0v) is 13.7.